The smallest absolute Gasteiger partial charge is 0.325 e. The Labute approximate surface area is 210 Å². The first kappa shape index (κ1) is 26.8. The van der Waals surface area contributed by atoms with Crippen molar-refractivity contribution in [1.82, 2.24) is 0 Å². The van der Waals surface area contributed by atoms with Crippen molar-refractivity contribution < 1.29 is 38.1 Å². The van der Waals surface area contributed by atoms with Gasteiger partial charge in [0.15, 0.2) is 0 Å². The second kappa shape index (κ2) is 13.3. The van der Waals surface area contributed by atoms with E-state index in [-0.39, 0.29) is 32.3 Å². The van der Waals surface area contributed by atoms with Gasteiger partial charge in [-0.3, -0.25) is 14.4 Å². The molecule has 3 rings (SSSR count). The van der Waals surface area contributed by atoms with Crippen molar-refractivity contribution in [3.8, 4) is 11.5 Å². The van der Waals surface area contributed by atoms with Crippen molar-refractivity contribution in [2.45, 2.75) is 6.92 Å². The lowest BCUT2D eigenvalue weighted by atomic mass is 10.2. The van der Waals surface area contributed by atoms with Crippen molar-refractivity contribution in [1.29, 1.82) is 0 Å². The Morgan fingerprint density at radius 3 is 1.89 bits per heavy atom. The van der Waals surface area contributed by atoms with E-state index in [1.165, 1.54) is 14.2 Å². The first-order valence-electron chi connectivity index (χ1n) is 11.6. The van der Waals surface area contributed by atoms with Crippen molar-refractivity contribution in [2.24, 2.45) is 0 Å². The molecule has 0 atom stereocenters. The highest BCUT2D eigenvalue weighted by atomic mass is 16.5. The number of aryl methyl sites for hydroxylation is 1. The number of anilines is 2. The van der Waals surface area contributed by atoms with Gasteiger partial charge in [0.05, 0.1) is 38.8 Å². The first-order valence-corrected chi connectivity index (χ1v) is 11.6. The van der Waals surface area contributed by atoms with Crippen molar-refractivity contribution in [2.75, 3.05) is 76.6 Å². The number of fused-ring (bicyclic) bond motifs is 2. The summed E-state index contributed by atoms with van der Waals surface area (Å²) in [5, 5.41) is 0. The lowest BCUT2D eigenvalue weighted by Gasteiger charge is -2.26. The first-order chi connectivity index (χ1) is 17.4. The maximum absolute atomic E-state index is 12.1. The fourth-order valence-electron chi connectivity index (χ4n) is 3.74. The Morgan fingerprint density at radius 1 is 0.833 bits per heavy atom. The molecule has 1 heterocycles. The Morgan fingerprint density at radius 2 is 1.36 bits per heavy atom. The normalized spacial score (nSPS) is 14.6. The lowest BCUT2D eigenvalue weighted by Crippen LogP contribution is -2.36. The monoisotopic (exact) mass is 500 g/mol. The number of methoxy groups -OCH3 is 2. The van der Waals surface area contributed by atoms with Gasteiger partial charge in [-0.1, -0.05) is 6.07 Å². The van der Waals surface area contributed by atoms with E-state index in [0.717, 1.165) is 17.5 Å². The number of nitrogens with zero attached hydrogens (tertiary/aromatic N) is 2. The van der Waals surface area contributed by atoms with E-state index in [4.69, 9.17) is 23.7 Å². The average Bonchev–Trinajstić information content (AvgIpc) is 2.89. The summed E-state index contributed by atoms with van der Waals surface area (Å²) in [7, 11) is 2.67. The number of ether oxygens (including phenoxy) is 5. The highest BCUT2D eigenvalue weighted by molar-refractivity contribution is 5.81. The predicted molar refractivity (Wildman–Crippen MR) is 133 cm³/mol. The molecule has 0 amide bonds. The van der Waals surface area contributed by atoms with Crippen LogP contribution in [0.15, 0.2) is 36.4 Å². The highest BCUT2D eigenvalue weighted by Crippen LogP contribution is 2.31. The molecule has 0 bridgehead atoms. The molecular weight excluding hydrogens is 468 g/mol. The second-order valence-corrected chi connectivity index (χ2v) is 8.12. The zero-order valence-electron chi connectivity index (χ0n) is 20.9. The summed E-state index contributed by atoms with van der Waals surface area (Å²) in [5.41, 5.74) is 2.82. The molecule has 10 heteroatoms. The quantitative estimate of drug-likeness (QED) is 0.449. The van der Waals surface area contributed by atoms with E-state index in [0.29, 0.717) is 49.1 Å². The summed E-state index contributed by atoms with van der Waals surface area (Å²) in [6.07, 6.45) is 0.734. The summed E-state index contributed by atoms with van der Waals surface area (Å²) in [4.78, 5) is 39.2. The molecule has 0 aliphatic carbocycles. The molecule has 0 saturated heterocycles. The van der Waals surface area contributed by atoms with Crippen LogP contribution in [0.5, 0.6) is 11.5 Å². The fourth-order valence-corrected chi connectivity index (χ4v) is 3.74. The van der Waals surface area contributed by atoms with Crippen LogP contribution in [-0.2, 0) is 23.8 Å². The maximum Gasteiger partial charge on any atom is 0.325 e. The third-order valence-electron chi connectivity index (χ3n) is 5.62. The molecule has 0 N–H and O–H groups in total. The highest BCUT2D eigenvalue weighted by Gasteiger charge is 2.20. The maximum atomic E-state index is 12.1. The summed E-state index contributed by atoms with van der Waals surface area (Å²) in [6.45, 7) is 3.77. The Bertz CT molecular complexity index is 1060. The van der Waals surface area contributed by atoms with Gasteiger partial charge in [-0.2, -0.15) is 0 Å². The van der Waals surface area contributed by atoms with Gasteiger partial charge in [-0.05, 0) is 42.8 Å². The number of aldehydes is 1. The zero-order valence-corrected chi connectivity index (χ0v) is 20.9. The molecule has 10 nitrogen and oxygen atoms in total. The van der Waals surface area contributed by atoms with Gasteiger partial charge in [-0.15, -0.1) is 0 Å². The van der Waals surface area contributed by atoms with E-state index in [1.54, 1.807) is 23.1 Å². The van der Waals surface area contributed by atoms with Crippen LogP contribution in [0.1, 0.15) is 15.9 Å². The number of rotatable bonds is 5. The number of hydrogen-bond acceptors (Lipinski definition) is 10. The minimum absolute atomic E-state index is 0.0215. The lowest BCUT2D eigenvalue weighted by molar-refractivity contribution is -0.139. The average molecular weight is 501 g/mol. The molecule has 0 aromatic heterocycles. The van der Waals surface area contributed by atoms with Gasteiger partial charge >= 0.3 is 11.9 Å². The van der Waals surface area contributed by atoms with Gasteiger partial charge < -0.3 is 33.5 Å². The molecule has 36 heavy (non-hydrogen) atoms. The van der Waals surface area contributed by atoms with Gasteiger partial charge in [0.2, 0.25) is 0 Å². The number of carbonyl (C=O) groups is 3. The van der Waals surface area contributed by atoms with Gasteiger partial charge in [-0.25, -0.2) is 0 Å². The van der Waals surface area contributed by atoms with Crippen molar-refractivity contribution in [3.05, 3.63) is 47.5 Å². The molecule has 0 radical (unpaired) electrons. The number of benzene rings is 2. The van der Waals surface area contributed by atoms with E-state index in [2.05, 4.69) is 0 Å². The molecule has 0 spiro atoms. The molecule has 0 saturated carbocycles. The van der Waals surface area contributed by atoms with Crippen LogP contribution < -0.4 is 19.3 Å². The van der Waals surface area contributed by atoms with Crippen LogP contribution >= 0.6 is 0 Å². The molecule has 0 unspecified atom stereocenters. The molecule has 1 aliphatic rings. The van der Waals surface area contributed by atoms with E-state index in [1.807, 2.05) is 30.0 Å². The third kappa shape index (κ3) is 7.35. The van der Waals surface area contributed by atoms with Crippen LogP contribution in [0.25, 0.3) is 0 Å². The van der Waals surface area contributed by atoms with Crippen LogP contribution in [-0.4, -0.2) is 85.1 Å². The van der Waals surface area contributed by atoms with Crippen LogP contribution in [0.4, 0.5) is 11.4 Å². The molecule has 2 aromatic rings. The van der Waals surface area contributed by atoms with Crippen LogP contribution in [0.2, 0.25) is 0 Å². The van der Waals surface area contributed by atoms with Gasteiger partial charge in [0.1, 0.15) is 44.1 Å². The summed E-state index contributed by atoms with van der Waals surface area (Å²) < 4.78 is 27.7. The second-order valence-electron chi connectivity index (χ2n) is 8.12. The standard InChI is InChI=1S/C26H32N2O8/c1-19-4-6-21-23(14-19)35-12-13-36-24-15-20(18-29)5-7-22(24)28(17-26(31)33-3)9-11-34-10-8-27(21)16-25(30)32-2/h4-7,14-15,18H,8-13,16-17H2,1-3H3. The van der Waals surface area contributed by atoms with Crippen LogP contribution in [0, 0.1) is 6.92 Å². The van der Waals surface area contributed by atoms with E-state index >= 15 is 0 Å². The summed E-state index contributed by atoms with van der Waals surface area (Å²) in [5.74, 6) is 0.246. The Hall–Kier alpha value is -3.79. The number of esters is 2. The fraction of sp³-hybridized carbons (Fsp3) is 0.423. The minimum atomic E-state index is -0.420. The van der Waals surface area contributed by atoms with E-state index < -0.39 is 5.97 Å². The molecule has 194 valence electrons. The minimum Gasteiger partial charge on any atom is -0.488 e. The topological polar surface area (TPSA) is 104 Å². The van der Waals surface area contributed by atoms with Crippen LogP contribution in [0.3, 0.4) is 0 Å². The van der Waals surface area contributed by atoms with E-state index in [9.17, 15) is 14.4 Å². The SMILES string of the molecule is COC(=O)CN1CCOCCN(CC(=O)OC)c2ccc(C=O)cc2OCCOc2cc(C)ccc21. The Kier molecular flexibility index (Phi) is 9.93. The summed E-state index contributed by atoms with van der Waals surface area (Å²) in [6, 6.07) is 10.8. The molecule has 2 aromatic carbocycles. The van der Waals surface area contributed by atoms with Crippen molar-refractivity contribution in [3.63, 3.8) is 0 Å². The summed E-state index contributed by atoms with van der Waals surface area (Å²) >= 11 is 0. The molecular formula is C26H32N2O8. The van der Waals surface area contributed by atoms with Crippen molar-refractivity contribution >= 4 is 29.6 Å². The number of hydrogen-bond donors (Lipinski definition) is 0. The molecule has 1 aliphatic heterocycles. The Balaban J connectivity index is 1.90. The largest absolute Gasteiger partial charge is 0.488 e. The predicted octanol–water partition coefficient (Wildman–Crippen LogP) is 2.25. The number of carbonyl (C=O) groups excluding carboxylic acids is 3. The third-order valence-corrected chi connectivity index (χ3v) is 5.62. The van der Waals surface area contributed by atoms with Gasteiger partial charge in [0.25, 0.3) is 0 Å². The zero-order chi connectivity index (χ0) is 25.9. The molecule has 0 fully saturated rings. The van der Waals surface area contributed by atoms with Gasteiger partial charge in [0, 0.05) is 18.7 Å².